The molecule has 0 fully saturated rings. The summed E-state index contributed by atoms with van der Waals surface area (Å²) in [7, 11) is 0. The molecule has 0 aliphatic rings. The third kappa shape index (κ3) is 3.14. The smallest absolute Gasteiger partial charge is 0.0841 e. The van der Waals surface area contributed by atoms with Gasteiger partial charge in [-0.15, -0.1) is 0 Å². The van der Waals surface area contributed by atoms with Gasteiger partial charge in [-0.25, -0.2) is 0 Å². The highest BCUT2D eigenvalue weighted by Gasteiger charge is 2.17. The molecule has 0 unspecified atom stereocenters. The number of benzene rings is 1. The number of fused-ring (bicyclic) bond motifs is 1. The molecule has 0 aliphatic carbocycles. The average molecular weight is 261 g/mol. The Hall–Kier alpha value is -1.39. The monoisotopic (exact) mass is 261 g/mol. The molecule has 0 saturated carbocycles. The minimum Gasteiger partial charge on any atom is -0.396 e. The number of aliphatic hydroxyl groups excluding tert-OH is 1. The summed E-state index contributed by atoms with van der Waals surface area (Å²) in [6, 6.07) is 8.31. The van der Waals surface area contributed by atoms with Crippen molar-refractivity contribution in [2.75, 3.05) is 6.61 Å². The van der Waals surface area contributed by atoms with E-state index in [0.717, 1.165) is 25.2 Å². The summed E-state index contributed by atoms with van der Waals surface area (Å²) in [5.41, 5.74) is 2.18. The first-order chi connectivity index (χ1) is 9.07. The minimum absolute atomic E-state index is 0.0775. The van der Waals surface area contributed by atoms with Gasteiger partial charge in [0.25, 0.3) is 0 Å². The fourth-order valence-electron chi connectivity index (χ4n) is 2.26. The number of rotatable bonds is 6. The first kappa shape index (κ1) is 14.0. The number of aromatic nitrogens is 2. The number of aliphatic hydroxyl groups is 1. The van der Waals surface area contributed by atoms with Gasteiger partial charge in [-0.3, -0.25) is 4.68 Å². The average Bonchev–Trinajstić information content (AvgIpc) is 2.75. The summed E-state index contributed by atoms with van der Waals surface area (Å²) >= 11 is 0. The molecule has 0 radical (unpaired) electrons. The maximum atomic E-state index is 9.05. The molecule has 1 heterocycles. The largest absolute Gasteiger partial charge is 0.396 e. The third-order valence-electron chi connectivity index (χ3n) is 3.51. The van der Waals surface area contributed by atoms with Gasteiger partial charge in [-0.2, -0.15) is 5.10 Å². The topological polar surface area (TPSA) is 50.1 Å². The van der Waals surface area contributed by atoms with Gasteiger partial charge in [0.15, 0.2) is 0 Å². The number of hydrogen-bond donors (Lipinski definition) is 2. The van der Waals surface area contributed by atoms with Gasteiger partial charge >= 0.3 is 0 Å². The summed E-state index contributed by atoms with van der Waals surface area (Å²) in [6.07, 6.45) is 0.736. The zero-order chi connectivity index (χ0) is 13.9. The molecule has 0 aliphatic heterocycles. The molecule has 19 heavy (non-hydrogen) atoms. The van der Waals surface area contributed by atoms with Crippen molar-refractivity contribution >= 4 is 10.9 Å². The van der Waals surface area contributed by atoms with Gasteiger partial charge in [0.05, 0.1) is 11.2 Å². The Balaban J connectivity index is 2.21. The van der Waals surface area contributed by atoms with Gasteiger partial charge in [0.1, 0.15) is 0 Å². The highest BCUT2D eigenvalue weighted by Crippen LogP contribution is 2.19. The van der Waals surface area contributed by atoms with Crippen LogP contribution in [-0.4, -0.2) is 27.0 Å². The predicted octanol–water partition coefficient (Wildman–Crippen LogP) is 2.31. The second-order valence-electron chi connectivity index (χ2n) is 5.49. The zero-order valence-electron chi connectivity index (χ0n) is 12.0. The highest BCUT2D eigenvalue weighted by molar-refractivity contribution is 5.81. The summed E-state index contributed by atoms with van der Waals surface area (Å²) in [5, 5.41) is 18.4. The second kappa shape index (κ2) is 5.72. The molecule has 0 bridgehead atoms. The summed E-state index contributed by atoms with van der Waals surface area (Å²) in [5.74, 6) is 0. The maximum Gasteiger partial charge on any atom is 0.0841 e. The summed E-state index contributed by atoms with van der Waals surface area (Å²) < 4.78 is 2.03. The number of nitrogens with one attached hydrogen (secondary N) is 1. The van der Waals surface area contributed by atoms with Crippen LogP contribution in [0, 0.1) is 0 Å². The van der Waals surface area contributed by atoms with Gasteiger partial charge in [0, 0.05) is 30.6 Å². The molecule has 0 atom stereocenters. The van der Waals surface area contributed by atoms with E-state index in [9.17, 15) is 0 Å². The van der Waals surface area contributed by atoms with Crippen LogP contribution in [0.2, 0.25) is 0 Å². The van der Waals surface area contributed by atoms with Crippen LogP contribution < -0.4 is 5.32 Å². The second-order valence-corrected chi connectivity index (χ2v) is 5.49. The molecule has 4 nitrogen and oxygen atoms in total. The van der Waals surface area contributed by atoms with E-state index < -0.39 is 0 Å². The van der Waals surface area contributed by atoms with Crippen LogP contribution >= 0.6 is 0 Å². The Morgan fingerprint density at radius 2 is 2.05 bits per heavy atom. The van der Waals surface area contributed by atoms with Crippen molar-refractivity contribution in [1.82, 2.24) is 15.1 Å². The van der Waals surface area contributed by atoms with Crippen LogP contribution in [0.5, 0.6) is 0 Å². The van der Waals surface area contributed by atoms with Crippen molar-refractivity contribution in [1.29, 1.82) is 0 Å². The highest BCUT2D eigenvalue weighted by atomic mass is 16.3. The lowest BCUT2D eigenvalue weighted by Gasteiger charge is -2.25. The van der Waals surface area contributed by atoms with Gasteiger partial charge in [-0.1, -0.05) is 18.2 Å². The number of aryl methyl sites for hydroxylation is 1. The molecule has 2 rings (SSSR count). The fourth-order valence-corrected chi connectivity index (χ4v) is 2.26. The van der Waals surface area contributed by atoms with Crippen molar-refractivity contribution in [2.45, 2.75) is 45.8 Å². The Labute approximate surface area is 114 Å². The van der Waals surface area contributed by atoms with Crippen molar-refractivity contribution in [2.24, 2.45) is 0 Å². The molecular weight excluding hydrogens is 238 g/mol. The van der Waals surface area contributed by atoms with E-state index in [1.807, 2.05) is 16.8 Å². The maximum absolute atomic E-state index is 9.05. The van der Waals surface area contributed by atoms with Crippen LogP contribution in [0.15, 0.2) is 24.3 Å². The van der Waals surface area contributed by atoms with Crippen LogP contribution in [0.25, 0.3) is 10.9 Å². The Morgan fingerprint density at radius 1 is 1.32 bits per heavy atom. The molecule has 0 spiro atoms. The van der Waals surface area contributed by atoms with Crippen molar-refractivity contribution in [3.63, 3.8) is 0 Å². The van der Waals surface area contributed by atoms with Crippen LogP contribution in [0.4, 0.5) is 0 Å². The fraction of sp³-hybridized carbons (Fsp3) is 0.533. The van der Waals surface area contributed by atoms with E-state index in [1.54, 1.807) is 0 Å². The number of para-hydroxylation sites is 1. The lowest BCUT2D eigenvalue weighted by atomic mass is 10.0. The van der Waals surface area contributed by atoms with Gasteiger partial charge < -0.3 is 10.4 Å². The van der Waals surface area contributed by atoms with Crippen molar-refractivity contribution < 1.29 is 5.11 Å². The van der Waals surface area contributed by atoms with Gasteiger partial charge in [-0.05, 0) is 33.3 Å². The number of nitrogens with zero attached hydrogens (tertiary/aromatic N) is 2. The van der Waals surface area contributed by atoms with Crippen molar-refractivity contribution in [3.05, 3.63) is 30.0 Å². The van der Waals surface area contributed by atoms with E-state index in [-0.39, 0.29) is 12.1 Å². The predicted molar refractivity (Wildman–Crippen MR) is 78.0 cm³/mol. The molecule has 2 aromatic rings. The quantitative estimate of drug-likeness (QED) is 0.839. The van der Waals surface area contributed by atoms with E-state index in [2.05, 4.69) is 43.3 Å². The molecule has 0 amide bonds. The van der Waals surface area contributed by atoms with E-state index in [0.29, 0.717) is 0 Å². The Morgan fingerprint density at radius 3 is 2.74 bits per heavy atom. The van der Waals surface area contributed by atoms with Crippen LogP contribution in [0.3, 0.4) is 0 Å². The number of hydrogen-bond acceptors (Lipinski definition) is 3. The first-order valence-corrected chi connectivity index (χ1v) is 6.87. The molecule has 104 valence electrons. The van der Waals surface area contributed by atoms with Gasteiger partial charge in [0.2, 0.25) is 0 Å². The molecular formula is C15H23N3O. The lowest BCUT2D eigenvalue weighted by Crippen LogP contribution is -2.39. The molecule has 1 aromatic carbocycles. The molecule has 1 aromatic heterocycles. The van der Waals surface area contributed by atoms with E-state index >= 15 is 0 Å². The Kier molecular flexibility index (Phi) is 4.22. The minimum atomic E-state index is -0.0775. The normalized spacial score (nSPS) is 12.2. The first-order valence-electron chi connectivity index (χ1n) is 6.87. The molecule has 0 saturated heterocycles. The van der Waals surface area contributed by atoms with Crippen LogP contribution in [-0.2, 0) is 13.1 Å². The van der Waals surface area contributed by atoms with Crippen molar-refractivity contribution in [3.8, 4) is 0 Å². The van der Waals surface area contributed by atoms with E-state index in [1.165, 1.54) is 10.9 Å². The van der Waals surface area contributed by atoms with E-state index in [4.69, 9.17) is 5.11 Å². The standard InChI is InChI=1S/C15H23N3O/c1-4-18-14-8-6-5-7-12(14)13(17-18)11-16-15(2,3)9-10-19/h5-8,16,19H,4,9-11H2,1-3H3. The Bertz CT molecular complexity index is 545. The summed E-state index contributed by atoms with van der Waals surface area (Å²) in [6.45, 7) is 8.10. The zero-order valence-corrected chi connectivity index (χ0v) is 12.0. The molecule has 2 N–H and O–H groups in total. The SMILES string of the molecule is CCn1nc(CNC(C)(C)CCO)c2ccccc21. The third-order valence-corrected chi connectivity index (χ3v) is 3.51. The molecule has 4 heteroatoms. The lowest BCUT2D eigenvalue weighted by molar-refractivity contribution is 0.229. The summed E-state index contributed by atoms with van der Waals surface area (Å²) in [4.78, 5) is 0. The van der Waals surface area contributed by atoms with Crippen LogP contribution in [0.1, 0.15) is 32.9 Å².